The second kappa shape index (κ2) is 14.2. The summed E-state index contributed by atoms with van der Waals surface area (Å²) >= 11 is 0. The number of hydrogen-bond acceptors (Lipinski definition) is 10. The number of benzene rings is 1. The second-order valence-electron chi connectivity index (χ2n) is 10.3. The van der Waals surface area contributed by atoms with Crippen LogP contribution in [-0.2, 0) is 17.8 Å². The molecule has 41 heavy (non-hydrogen) atoms. The number of morpholine rings is 1. The van der Waals surface area contributed by atoms with Gasteiger partial charge in [-0.3, -0.25) is 14.4 Å². The van der Waals surface area contributed by atoms with Gasteiger partial charge in [0.15, 0.2) is 11.5 Å². The largest absolute Gasteiger partial charge is 0.463 e. The van der Waals surface area contributed by atoms with Crippen molar-refractivity contribution in [2.45, 2.75) is 45.7 Å². The van der Waals surface area contributed by atoms with Gasteiger partial charge >= 0.3 is 11.7 Å². The Labute approximate surface area is 239 Å². The Hall–Kier alpha value is -3.81. The SMILES string of the molecule is CCCCOc1nc(N)c2[nH]c(=O)n(CCCN(CCCN3CCOCC3)Cc3ccc(-n4cncn4)cc3)c2n1. The first kappa shape index (κ1) is 28.7. The lowest BCUT2D eigenvalue weighted by Gasteiger charge is -2.28. The molecule has 0 spiro atoms. The van der Waals surface area contributed by atoms with E-state index in [1.807, 2.05) is 0 Å². The number of rotatable bonds is 15. The van der Waals surface area contributed by atoms with Gasteiger partial charge in [-0.25, -0.2) is 14.5 Å². The minimum atomic E-state index is -0.241. The summed E-state index contributed by atoms with van der Waals surface area (Å²) in [5, 5.41) is 4.21. The summed E-state index contributed by atoms with van der Waals surface area (Å²) in [6.07, 6.45) is 6.96. The maximum atomic E-state index is 12.8. The molecule has 4 heterocycles. The molecule has 0 radical (unpaired) electrons. The monoisotopic (exact) mass is 564 g/mol. The van der Waals surface area contributed by atoms with Crippen molar-refractivity contribution < 1.29 is 9.47 Å². The number of nitrogens with one attached hydrogen (secondary N) is 1. The number of nitrogens with two attached hydrogens (primary N) is 1. The first-order valence-corrected chi connectivity index (χ1v) is 14.5. The predicted molar refractivity (Wildman–Crippen MR) is 156 cm³/mol. The highest BCUT2D eigenvalue weighted by atomic mass is 16.5. The first-order chi connectivity index (χ1) is 20.1. The van der Waals surface area contributed by atoms with Gasteiger partial charge in [0.2, 0.25) is 0 Å². The zero-order chi connectivity index (χ0) is 28.4. The number of unbranched alkanes of at least 4 members (excludes halogenated alkanes) is 1. The van der Waals surface area contributed by atoms with Crippen LogP contribution in [-0.4, -0.2) is 96.6 Å². The second-order valence-corrected chi connectivity index (χ2v) is 10.3. The molecule has 0 amide bonds. The standard InChI is InChI=1S/C28H40N10O3/c1-2-3-16-41-27-33-25(29)24-26(34-27)37(28(39)32-24)13-5-12-36(11-4-10-35-14-17-40-18-15-35)19-22-6-8-23(9-7-22)38-21-30-20-31-38/h6-9,20-21H,2-5,10-19H2,1H3,(H,32,39)(H2,29,33,34). The molecule has 0 bridgehead atoms. The van der Waals surface area contributed by atoms with Crippen LogP contribution in [0.3, 0.4) is 0 Å². The minimum Gasteiger partial charge on any atom is -0.463 e. The average molecular weight is 565 g/mol. The summed E-state index contributed by atoms with van der Waals surface area (Å²) < 4.78 is 14.6. The van der Waals surface area contributed by atoms with E-state index < -0.39 is 0 Å². The molecule has 1 aromatic carbocycles. The Balaban J connectivity index is 1.24. The summed E-state index contributed by atoms with van der Waals surface area (Å²) in [7, 11) is 0. The van der Waals surface area contributed by atoms with E-state index in [0.29, 0.717) is 24.3 Å². The van der Waals surface area contributed by atoms with Gasteiger partial charge in [-0.05, 0) is 50.0 Å². The van der Waals surface area contributed by atoms with Gasteiger partial charge in [0.1, 0.15) is 18.2 Å². The number of ether oxygens (including phenoxy) is 2. The first-order valence-electron chi connectivity index (χ1n) is 14.5. The number of aryl methyl sites for hydroxylation is 1. The predicted octanol–water partition coefficient (Wildman–Crippen LogP) is 2.08. The zero-order valence-electron chi connectivity index (χ0n) is 23.7. The fourth-order valence-electron chi connectivity index (χ4n) is 5.03. The molecule has 0 saturated carbocycles. The van der Waals surface area contributed by atoms with Gasteiger partial charge in [-0.2, -0.15) is 15.1 Å². The van der Waals surface area contributed by atoms with Crippen LogP contribution < -0.4 is 16.2 Å². The number of hydrogen-bond donors (Lipinski definition) is 2. The maximum Gasteiger partial charge on any atom is 0.327 e. The molecule has 13 heteroatoms. The number of nitrogen functional groups attached to an aromatic ring is 1. The Bertz CT molecular complexity index is 1410. The van der Waals surface area contributed by atoms with E-state index in [0.717, 1.165) is 83.9 Å². The number of nitrogens with zero attached hydrogens (tertiary/aromatic N) is 8. The Morgan fingerprint density at radius 1 is 1.07 bits per heavy atom. The van der Waals surface area contributed by atoms with Gasteiger partial charge in [-0.15, -0.1) is 0 Å². The topological polar surface area (TPSA) is 145 Å². The highest BCUT2D eigenvalue weighted by Gasteiger charge is 2.16. The summed E-state index contributed by atoms with van der Waals surface area (Å²) in [6, 6.07) is 8.60. The highest BCUT2D eigenvalue weighted by molar-refractivity contribution is 5.81. The van der Waals surface area contributed by atoms with Crippen LogP contribution in [0.2, 0.25) is 0 Å². The van der Waals surface area contributed by atoms with Crippen molar-refractivity contribution in [2.75, 3.05) is 58.3 Å². The quantitative estimate of drug-likeness (QED) is 0.206. The summed E-state index contributed by atoms with van der Waals surface area (Å²) in [5.74, 6) is 0.219. The Kier molecular flexibility index (Phi) is 9.94. The third-order valence-corrected chi connectivity index (χ3v) is 7.29. The average Bonchev–Trinajstić information content (AvgIpc) is 3.63. The maximum absolute atomic E-state index is 12.8. The van der Waals surface area contributed by atoms with Gasteiger partial charge in [0.25, 0.3) is 0 Å². The van der Waals surface area contributed by atoms with E-state index in [9.17, 15) is 4.79 Å². The fourth-order valence-corrected chi connectivity index (χ4v) is 5.03. The van der Waals surface area contributed by atoms with Crippen molar-refractivity contribution in [2.24, 2.45) is 0 Å². The smallest absolute Gasteiger partial charge is 0.327 e. The lowest BCUT2D eigenvalue weighted by Crippen LogP contribution is -2.38. The molecule has 3 N–H and O–H groups in total. The number of aromatic amines is 1. The summed E-state index contributed by atoms with van der Waals surface area (Å²) in [6.45, 7) is 10.3. The molecule has 0 atom stereocenters. The number of H-pyrrole nitrogens is 1. The molecule has 3 aromatic heterocycles. The fraction of sp³-hybridized carbons (Fsp3) is 0.536. The molecule has 1 saturated heterocycles. The van der Waals surface area contributed by atoms with Crippen LogP contribution in [0.5, 0.6) is 6.01 Å². The third kappa shape index (κ3) is 7.69. The van der Waals surface area contributed by atoms with Crippen molar-refractivity contribution in [3.63, 3.8) is 0 Å². The van der Waals surface area contributed by atoms with Crippen molar-refractivity contribution in [3.05, 3.63) is 53.0 Å². The van der Waals surface area contributed by atoms with Crippen LogP contribution in [0, 0.1) is 0 Å². The Morgan fingerprint density at radius 3 is 2.59 bits per heavy atom. The van der Waals surface area contributed by atoms with Gasteiger partial charge in [-0.1, -0.05) is 25.5 Å². The molecule has 1 aliphatic rings. The minimum absolute atomic E-state index is 0.204. The molecule has 13 nitrogen and oxygen atoms in total. The molecular weight excluding hydrogens is 524 g/mol. The van der Waals surface area contributed by atoms with Crippen LogP contribution >= 0.6 is 0 Å². The van der Waals surface area contributed by atoms with E-state index >= 15 is 0 Å². The number of anilines is 1. The molecule has 4 aromatic rings. The summed E-state index contributed by atoms with van der Waals surface area (Å²) in [5.41, 5.74) is 9.01. The molecule has 220 valence electrons. The van der Waals surface area contributed by atoms with Crippen LogP contribution in [0.4, 0.5) is 5.82 Å². The normalized spacial score (nSPS) is 14.3. The van der Waals surface area contributed by atoms with Gasteiger partial charge in [0, 0.05) is 32.7 Å². The van der Waals surface area contributed by atoms with Crippen molar-refractivity contribution in [3.8, 4) is 11.7 Å². The van der Waals surface area contributed by atoms with Crippen LogP contribution in [0.1, 0.15) is 38.2 Å². The molecule has 0 unspecified atom stereocenters. The van der Waals surface area contributed by atoms with E-state index in [-0.39, 0.29) is 17.5 Å². The van der Waals surface area contributed by atoms with Crippen molar-refractivity contribution >= 4 is 17.0 Å². The van der Waals surface area contributed by atoms with Crippen LogP contribution in [0.15, 0.2) is 41.7 Å². The van der Waals surface area contributed by atoms with Crippen molar-refractivity contribution in [1.82, 2.24) is 44.1 Å². The lowest BCUT2D eigenvalue weighted by molar-refractivity contribution is 0.0359. The zero-order valence-corrected chi connectivity index (χ0v) is 23.7. The number of aromatic nitrogens is 7. The van der Waals surface area contributed by atoms with E-state index in [1.54, 1.807) is 15.6 Å². The van der Waals surface area contributed by atoms with E-state index in [1.165, 1.54) is 11.9 Å². The number of fused-ring (bicyclic) bond motifs is 1. The summed E-state index contributed by atoms with van der Waals surface area (Å²) in [4.78, 5) is 33.3. The molecular formula is C28H40N10O3. The van der Waals surface area contributed by atoms with Gasteiger partial charge < -0.3 is 20.2 Å². The molecule has 1 fully saturated rings. The van der Waals surface area contributed by atoms with E-state index in [2.05, 4.69) is 66.0 Å². The number of imidazole rings is 1. The molecule has 5 rings (SSSR count). The van der Waals surface area contributed by atoms with Gasteiger partial charge in [0.05, 0.1) is 25.5 Å². The molecule has 0 aliphatic carbocycles. The van der Waals surface area contributed by atoms with Crippen molar-refractivity contribution in [1.29, 1.82) is 0 Å². The Morgan fingerprint density at radius 2 is 1.85 bits per heavy atom. The molecule has 1 aliphatic heterocycles. The highest BCUT2D eigenvalue weighted by Crippen LogP contribution is 2.18. The lowest BCUT2D eigenvalue weighted by atomic mass is 10.1. The third-order valence-electron chi connectivity index (χ3n) is 7.29. The van der Waals surface area contributed by atoms with Crippen LogP contribution in [0.25, 0.3) is 16.9 Å². The van der Waals surface area contributed by atoms with E-state index in [4.69, 9.17) is 15.2 Å².